The highest BCUT2D eigenvalue weighted by Gasteiger charge is 2.02. The Morgan fingerprint density at radius 1 is 1.10 bits per heavy atom. The first kappa shape index (κ1) is 18.7. The first-order chi connectivity index (χ1) is 9.74. The summed E-state index contributed by atoms with van der Waals surface area (Å²) in [6.45, 7) is 5.58. The van der Waals surface area contributed by atoms with Crippen LogP contribution in [0.25, 0.3) is 0 Å². The molecule has 0 atom stereocenters. The van der Waals surface area contributed by atoms with Crippen molar-refractivity contribution in [2.75, 3.05) is 53.6 Å². The number of rotatable bonds is 11. The van der Waals surface area contributed by atoms with Crippen molar-refractivity contribution in [3.8, 4) is 0 Å². The maximum absolute atomic E-state index is 11.4. The maximum atomic E-state index is 11.4. The van der Waals surface area contributed by atoms with E-state index >= 15 is 0 Å². The molecule has 0 aromatic rings. The van der Waals surface area contributed by atoms with Crippen molar-refractivity contribution in [2.45, 2.75) is 19.8 Å². The average Bonchev–Trinajstić information content (AvgIpc) is 2.47. The minimum absolute atomic E-state index is 0.0299. The van der Waals surface area contributed by atoms with Gasteiger partial charge in [0.1, 0.15) is 0 Å². The van der Waals surface area contributed by atoms with Crippen molar-refractivity contribution < 1.29 is 14.3 Å². The highest BCUT2D eigenvalue weighted by molar-refractivity contribution is 5.86. The molecule has 0 heterocycles. The summed E-state index contributed by atoms with van der Waals surface area (Å²) in [7, 11) is 3.33. The largest absolute Gasteiger partial charge is 0.382 e. The fraction of sp³-hybridized carbons (Fsp3) is 0.846. The molecule has 7 heteroatoms. The number of aliphatic imine (C=N–C) groups is 1. The number of carbonyl (C=O) groups excluding carboxylic acids is 1. The highest BCUT2D eigenvalue weighted by atomic mass is 16.5. The number of hydrogen-bond donors (Lipinski definition) is 3. The lowest BCUT2D eigenvalue weighted by atomic mass is 10.4. The van der Waals surface area contributed by atoms with Gasteiger partial charge in [0.2, 0.25) is 5.91 Å². The molecular weight excluding hydrogens is 260 g/mol. The Labute approximate surface area is 121 Å². The SMILES string of the molecule is CCCNC(=O)CNC(=NC)NCCCOCCOC. The van der Waals surface area contributed by atoms with Gasteiger partial charge in [0.05, 0.1) is 19.8 Å². The normalized spacial score (nSPS) is 11.2. The third-order valence-corrected chi connectivity index (χ3v) is 2.40. The van der Waals surface area contributed by atoms with Crippen molar-refractivity contribution in [1.29, 1.82) is 0 Å². The van der Waals surface area contributed by atoms with E-state index in [0.29, 0.717) is 32.3 Å². The molecule has 0 aliphatic heterocycles. The van der Waals surface area contributed by atoms with Gasteiger partial charge in [-0.15, -0.1) is 0 Å². The van der Waals surface area contributed by atoms with Gasteiger partial charge in [-0.1, -0.05) is 6.92 Å². The Morgan fingerprint density at radius 2 is 1.90 bits per heavy atom. The van der Waals surface area contributed by atoms with E-state index in [0.717, 1.165) is 19.4 Å². The minimum Gasteiger partial charge on any atom is -0.382 e. The number of methoxy groups -OCH3 is 1. The van der Waals surface area contributed by atoms with Crippen LogP contribution in [0.1, 0.15) is 19.8 Å². The predicted molar refractivity (Wildman–Crippen MR) is 80.0 cm³/mol. The lowest BCUT2D eigenvalue weighted by molar-refractivity contribution is -0.120. The molecule has 0 bridgehead atoms. The van der Waals surface area contributed by atoms with Crippen molar-refractivity contribution in [1.82, 2.24) is 16.0 Å². The van der Waals surface area contributed by atoms with Gasteiger partial charge < -0.3 is 25.4 Å². The maximum Gasteiger partial charge on any atom is 0.239 e. The van der Waals surface area contributed by atoms with Crippen molar-refractivity contribution >= 4 is 11.9 Å². The summed E-state index contributed by atoms with van der Waals surface area (Å²) in [6.07, 6.45) is 1.80. The van der Waals surface area contributed by atoms with Crippen LogP contribution in [0.15, 0.2) is 4.99 Å². The van der Waals surface area contributed by atoms with Gasteiger partial charge in [-0.05, 0) is 12.8 Å². The molecule has 0 rings (SSSR count). The first-order valence-corrected chi connectivity index (χ1v) is 7.02. The Hall–Kier alpha value is -1.34. The topological polar surface area (TPSA) is 84.0 Å². The van der Waals surface area contributed by atoms with Crippen LogP contribution < -0.4 is 16.0 Å². The summed E-state index contributed by atoms with van der Waals surface area (Å²) in [4.78, 5) is 15.5. The van der Waals surface area contributed by atoms with Crippen LogP contribution in [0.5, 0.6) is 0 Å². The molecule has 0 aromatic heterocycles. The summed E-state index contributed by atoms with van der Waals surface area (Å²) in [5.41, 5.74) is 0. The second kappa shape index (κ2) is 14.1. The lowest BCUT2D eigenvalue weighted by Crippen LogP contribution is -2.43. The van der Waals surface area contributed by atoms with E-state index in [4.69, 9.17) is 9.47 Å². The molecule has 0 unspecified atom stereocenters. The van der Waals surface area contributed by atoms with Gasteiger partial charge in [-0.3, -0.25) is 9.79 Å². The summed E-state index contributed by atoms with van der Waals surface area (Å²) >= 11 is 0. The lowest BCUT2D eigenvalue weighted by Gasteiger charge is -2.11. The van der Waals surface area contributed by atoms with Gasteiger partial charge in [0.15, 0.2) is 5.96 Å². The summed E-state index contributed by atoms with van der Waals surface area (Å²) in [5, 5.41) is 8.87. The summed E-state index contributed by atoms with van der Waals surface area (Å²) in [5.74, 6) is 0.589. The van der Waals surface area contributed by atoms with E-state index in [1.807, 2.05) is 6.92 Å². The van der Waals surface area contributed by atoms with Crippen LogP contribution in [-0.2, 0) is 14.3 Å². The molecule has 118 valence electrons. The molecule has 1 amide bonds. The quantitative estimate of drug-likeness (QED) is 0.277. The highest BCUT2D eigenvalue weighted by Crippen LogP contribution is 1.82. The Morgan fingerprint density at radius 3 is 2.55 bits per heavy atom. The predicted octanol–water partition coefficient (Wildman–Crippen LogP) is -0.269. The van der Waals surface area contributed by atoms with Gasteiger partial charge in [-0.25, -0.2) is 0 Å². The molecule has 0 radical (unpaired) electrons. The standard InChI is InChI=1S/C13H28N4O3/c1-4-6-15-12(18)11-17-13(14-2)16-7-5-8-20-10-9-19-3/h4-11H2,1-3H3,(H,15,18)(H2,14,16,17). The molecule has 0 aliphatic carbocycles. The fourth-order valence-corrected chi connectivity index (χ4v) is 1.34. The van der Waals surface area contributed by atoms with Crippen molar-refractivity contribution in [3.63, 3.8) is 0 Å². The van der Waals surface area contributed by atoms with Crippen LogP contribution in [0.2, 0.25) is 0 Å². The van der Waals surface area contributed by atoms with E-state index in [2.05, 4.69) is 20.9 Å². The van der Waals surface area contributed by atoms with Crippen LogP contribution >= 0.6 is 0 Å². The second-order valence-electron chi connectivity index (χ2n) is 4.16. The summed E-state index contributed by atoms with van der Waals surface area (Å²) < 4.78 is 10.2. The van der Waals surface area contributed by atoms with Gasteiger partial charge in [-0.2, -0.15) is 0 Å². The first-order valence-electron chi connectivity index (χ1n) is 7.02. The Kier molecular flexibility index (Phi) is 13.1. The third-order valence-electron chi connectivity index (χ3n) is 2.40. The van der Waals surface area contributed by atoms with Crippen molar-refractivity contribution in [3.05, 3.63) is 0 Å². The zero-order valence-electron chi connectivity index (χ0n) is 12.8. The smallest absolute Gasteiger partial charge is 0.239 e. The molecule has 0 saturated heterocycles. The fourth-order valence-electron chi connectivity index (χ4n) is 1.34. The molecule has 0 saturated carbocycles. The average molecular weight is 288 g/mol. The molecular formula is C13H28N4O3. The number of amides is 1. The number of carbonyl (C=O) groups is 1. The van der Waals surface area contributed by atoms with Gasteiger partial charge >= 0.3 is 0 Å². The number of nitrogens with zero attached hydrogens (tertiary/aromatic N) is 1. The van der Waals surface area contributed by atoms with Crippen LogP contribution in [0.4, 0.5) is 0 Å². The van der Waals surface area contributed by atoms with E-state index in [1.54, 1.807) is 14.2 Å². The molecule has 0 spiro atoms. The second-order valence-corrected chi connectivity index (χ2v) is 4.16. The Balaban J connectivity index is 3.55. The monoisotopic (exact) mass is 288 g/mol. The molecule has 7 nitrogen and oxygen atoms in total. The van der Waals surface area contributed by atoms with Gasteiger partial charge in [0.25, 0.3) is 0 Å². The van der Waals surface area contributed by atoms with E-state index in [1.165, 1.54) is 0 Å². The van der Waals surface area contributed by atoms with Gasteiger partial charge in [0, 0.05) is 33.9 Å². The molecule has 0 aromatic carbocycles. The van der Waals surface area contributed by atoms with Crippen LogP contribution in [0, 0.1) is 0 Å². The minimum atomic E-state index is -0.0299. The molecule has 20 heavy (non-hydrogen) atoms. The number of nitrogens with one attached hydrogen (secondary N) is 3. The molecule has 3 N–H and O–H groups in total. The number of hydrogen-bond acceptors (Lipinski definition) is 4. The van der Waals surface area contributed by atoms with E-state index in [9.17, 15) is 4.79 Å². The molecule has 0 fully saturated rings. The van der Waals surface area contributed by atoms with Crippen LogP contribution in [-0.4, -0.2) is 65.5 Å². The zero-order chi connectivity index (χ0) is 15.1. The number of guanidine groups is 1. The summed E-state index contributed by atoms with van der Waals surface area (Å²) in [6, 6.07) is 0. The zero-order valence-corrected chi connectivity index (χ0v) is 12.8. The molecule has 0 aliphatic rings. The van der Waals surface area contributed by atoms with Crippen molar-refractivity contribution in [2.24, 2.45) is 4.99 Å². The Bertz CT molecular complexity index is 272. The van der Waals surface area contributed by atoms with E-state index in [-0.39, 0.29) is 12.5 Å². The number of ether oxygens (including phenoxy) is 2. The third kappa shape index (κ3) is 11.7. The van der Waals surface area contributed by atoms with E-state index < -0.39 is 0 Å². The van der Waals surface area contributed by atoms with Crippen LogP contribution in [0.3, 0.4) is 0 Å².